The fourth-order valence-electron chi connectivity index (χ4n) is 2.53. The molecule has 0 aliphatic carbocycles. The van der Waals surface area contributed by atoms with E-state index in [0.29, 0.717) is 33.6 Å². The normalized spacial score (nSPS) is 12.7. The monoisotopic (exact) mass is 351 g/mol. The second-order valence-corrected chi connectivity index (χ2v) is 6.01. The van der Waals surface area contributed by atoms with Crippen molar-refractivity contribution < 1.29 is 0 Å². The van der Waals surface area contributed by atoms with Crippen molar-refractivity contribution in [2.45, 2.75) is 25.8 Å². The minimum absolute atomic E-state index is 0.265. The van der Waals surface area contributed by atoms with Crippen LogP contribution in [0.25, 0.3) is 16.7 Å². The minimum atomic E-state index is -0.407. The Kier molecular flexibility index (Phi) is 4.39. The fourth-order valence-corrected chi connectivity index (χ4v) is 2.96. The van der Waals surface area contributed by atoms with Gasteiger partial charge in [-0.1, -0.05) is 36.5 Å². The molecule has 3 N–H and O–H groups in total. The number of halogens is 2. The van der Waals surface area contributed by atoms with Crippen LogP contribution >= 0.6 is 23.2 Å². The molecule has 1 atom stereocenters. The Bertz CT molecular complexity index is 904. The number of nitrogens with one attached hydrogen (secondary N) is 1. The molecule has 1 aromatic carbocycles. The SMILES string of the molecule is CCCC(N)c1nc2c(Cl)ccc(Cl)c2c(=O)n1-c1ccn[nH]1. The molecule has 0 aliphatic heterocycles. The lowest BCUT2D eigenvalue weighted by molar-refractivity contribution is 0.580. The van der Waals surface area contributed by atoms with E-state index in [1.807, 2.05) is 6.92 Å². The number of benzene rings is 1. The summed E-state index contributed by atoms with van der Waals surface area (Å²) in [5.74, 6) is 0.916. The molecule has 0 bridgehead atoms. The van der Waals surface area contributed by atoms with Gasteiger partial charge in [-0.2, -0.15) is 5.10 Å². The number of rotatable bonds is 4. The summed E-state index contributed by atoms with van der Waals surface area (Å²) < 4.78 is 1.41. The number of nitrogens with two attached hydrogens (primary N) is 1. The second-order valence-electron chi connectivity index (χ2n) is 5.20. The van der Waals surface area contributed by atoms with Crippen LogP contribution in [-0.2, 0) is 0 Å². The Morgan fingerprint density at radius 2 is 2.04 bits per heavy atom. The quantitative estimate of drug-likeness (QED) is 0.754. The highest BCUT2D eigenvalue weighted by molar-refractivity contribution is 6.39. The average Bonchev–Trinajstić information content (AvgIpc) is 3.04. The van der Waals surface area contributed by atoms with Crippen LogP contribution in [0.1, 0.15) is 31.6 Å². The van der Waals surface area contributed by atoms with Gasteiger partial charge in [0.05, 0.1) is 33.2 Å². The molecule has 0 fully saturated rings. The fraction of sp³-hybridized carbons (Fsp3) is 0.267. The average molecular weight is 352 g/mol. The molecule has 23 heavy (non-hydrogen) atoms. The molecule has 0 saturated carbocycles. The molecule has 0 saturated heterocycles. The summed E-state index contributed by atoms with van der Waals surface area (Å²) in [5.41, 5.74) is 6.26. The van der Waals surface area contributed by atoms with Gasteiger partial charge in [0.25, 0.3) is 5.56 Å². The minimum Gasteiger partial charge on any atom is -0.321 e. The van der Waals surface area contributed by atoms with E-state index in [0.717, 1.165) is 6.42 Å². The third kappa shape index (κ3) is 2.73. The van der Waals surface area contributed by atoms with Crippen LogP contribution in [0.15, 0.2) is 29.2 Å². The number of nitrogens with zero attached hydrogens (tertiary/aromatic N) is 3. The van der Waals surface area contributed by atoms with Crippen LogP contribution < -0.4 is 11.3 Å². The van der Waals surface area contributed by atoms with Crippen LogP contribution in [-0.4, -0.2) is 19.7 Å². The maximum atomic E-state index is 13.0. The number of hydrogen-bond acceptors (Lipinski definition) is 4. The summed E-state index contributed by atoms with van der Waals surface area (Å²) >= 11 is 12.4. The molecule has 3 aromatic rings. The van der Waals surface area contributed by atoms with Crippen LogP contribution in [0.4, 0.5) is 0 Å². The van der Waals surface area contributed by atoms with E-state index in [4.69, 9.17) is 28.9 Å². The Balaban J connectivity index is 2.42. The molecular weight excluding hydrogens is 337 g/mol. The van der Waals surface area contributed by atoms with Gasteiger partial charge in [0.1, 0.15) is 11.6 Å². The molecule has 0 amide bonds. The summed E-state index contributed by atoms with van der Waals surface area (Å²) in [7, 11) is 0. The molecule has 8 heteroatoms. The summed E-state index contributed by atoms with van der Waals surface area (Å²) in [4.78, 5) is 17.6. The first-order valence-electron chi connectivity index (χ1n) is 7.20. The number of aromatic amines is 1. The van der Waals surface area contributed by atoms with Gasteiger partial charge in [0.15, 0.2) is 0 Å². The zero-order valence-corrected chi connectivity index (χ0v) is 13.9. The zero-order chi connectivity index (χ0) is 16.6. The highest BCUT2D eigenvalue weighted by Crippen LogP contribution is 2.28. The lowest BCUT2D eigenvalue weighted by atomic mass is 10.1. The van der Waals surface area contributed by atoms with Gasteiger partial charge in [0, 0.05) is 6.07 Å². The molecule has 0 spiro atoms. The van der Waals surface area contributed by atoms with E-state index in [9.17, 15) is 4.79 Å². The van der Waals surface area contributed by atoms with Crippen LogP contribution in [0, 0.1) is 0 Å². The van der Waals surface area contributed by atoms with Gasteiger partial charge in [-0.15, -0.1) is 0 Å². The Hall–Kier alpha value is -1.89. The molecule has 3 rings (SSSR count). The Labute approximate surface area is 142 Å². The first-order chi connectivity index (χ1) is 11.0. The largest absolute Gasteiger partial charge is 0.321 e. The lowest BCUT2D eigenvalue weighted by Gasteiger charge is -2.17. The third-order valence-corrected chi connectivity index (χ3v) is 4.23. The van der Waals surface area contributed by atoms with Gasteiger partial charge in [0.2, 0.25) is 0 Å². The smallest absolute Gasteiger partial charge is 0.268 e. The summed E-state index contributed by atoms with van der Waals surface area (Å²) in [6.45, 7) is 2.02. The lowest BCUT2D eigenvalue weighted by Crippen LogP contribution is -2.29. The molecule has 6 nitrogen and oxygen atoms in total. The Morgan fingerprint density at radius 3 is 2.70 bits per heavy atom. The van der Waals surface area contributed by atoms with Gasteiger partial charge in [-0.05, 0) is 18.6 Å². The third-order valence-electron chi connectivity index (χ3n) is 3.61. The zero-order valence-electron chi connectivity index (χ0n) is 12.4. The van der Waals surface area contributed by atoms with Crippen molar-refractivity contribution in [3.8, 4) is 5.82 Å². The van der Waals surface area contributed by atoms with Crippen molar-refractivity contribution in [3.63, 3.8) is 0 Å². The van der Waals surface area contributed by atoms with E-state index in [2.05, 4.69) is 15.2 Å². The number of hydrogen-bond donors (Lipinski definition) is 2. The predicted octanol–water partition coefficient (Wildman–Crippen LogP) is 3.22. The molecule has 2 heterocycles. The topological polar surface area (TPSA) is 89.6 Å². The van der Waals surface area contributed by atoms with Crippen molar-refractivity contribution in [1.82, 2.24) is 19.7 Å². The Morgan fingerprint density at radius 1 is 1.30 bits per heavy atom. The van der Waals surface area contributed by atoms with Gasteiger partial charge >= 0.3 is 0 Å². The van der Waals surface area contributed by atoms with Crippen LogP contribution in [0.2, 0.25) is 10.0 Å². The summed E-state index contributed by atoms with van der Waals surface area (Å²) in [6.07, 6.45) is 3.10. The summed E-state index contributed by atoms with van der Waals surface area (Å²) in [6, 6.07) is 4.47. The molecular formula is C15H15Cl2N5O. The van der Waals surface area contributed by atoms with Gasteiger partial charge in [-0.25, -0.2) is 9.55 Å². The highest BCUT2D eigenvalue weighted by atomic mass is 35.5. The number of H-pyrrole nitrogens is 1. The van der Waals surface area contributed by atoms with E-state index < -0.39 is 6.04 Å². The van der Waals surface area contributed by atoms with E-state index in [-0.39, 0.29) is 10.9 Å². The predicted molar refractivity (Wildman–Crippen MR) is 91.3 cm³/mol. The first kappa shape index (κ1) is 16.0. The molecule has 0 aliphatic rings. The van der Waals surface area contributed by atoms with Crippen molar-refractivity contribution in [2.75, 3.05) is 0 Å². The van der Waals surface area contributed by atoms with Gasteiger partial charge in [-0.3, -0.25) is 9.89 Å². The standard InChI is InChI=1S/C15H15Cl2N5O/c1-2-3-10(18)14-20-13-9(17)5-4-8(16)12(13)15(23)22(14)11-6-7-19-21-11/h4-7,10H,2-3,18H2,1H3,(H,19,21). The van der Waals surface area contributed by atoms with Gasteiger partial charge < -0.3 is 5.73 Å². The first-order valence-corrected chi connectivity index (χ1v) is 7.96. The van der Waals surface area contributed by atoms with Crippen molar-refractivity contribution >= 4 is 34.1 Å². The van der Waals surface area contributed by atoms with Crippen LogP contribution in [0.3, 0.4) is 0 Å². The van der Waals surface area contributed by atoms with Crippen molar-refractivity contribution in [3.05, 3.63) is 50.6 Å². The van der Waals surface area contributed by atoms with E-state index >= 15 is 0 Å². The molecule has 0 radical (unpaired) electrons. The molecule has 2 aromatic heterocycles. The second kappa shape index (κ2) is 6.31. The van der Waals surface area contributed by atoms with Crippen molar-refractivity contribution in [2.24, 2.45) is 5.73 Å². The molecule has 1 unspecified atom stereocenters. The maximum Gasteiger partial charge on any atom is 0.268 e. The van der Waals surface area contributed by atoms with Crippen molar-refractivity contribution in [1.29, 1.82) is 0 Å². The number of aromatic nitrogens is 4. The number of fused-ring (bicyclic) bond motifs is 1. The maximum absolute atomic E-state index is 13.0. The van der Waals surface area contributed by atoms with Crippen LogP contribution in [0.5, 0.6) is 0 Å². The van der Waals surface area contributed by atoms with E-state index in [1.165, 1.54) is 4.57 Å². The van der Waals surface area contributed by atoms with E-state index in [1.54, 1.807) is 24.4 Å². The highest BCUT2D eigenvalue weighted by Gasteiger charge is 2.21. The molecule has 120 valence electrons. The summed E-state index contributed by atoms with van der Waals surface area (Å²) in [5, 5.41) is 7.59.